The van der Waals surface area contributed by atoms with Crippen molar-refractivity contribution in [3.8, 4) is 0 Å². The molecule has 1 atom stereocenters. The third kappa shape index (κ3) is 2.56. The van der Waals surface area contributed by atoms with Gasteiger partial charge in [0, 0.05) is 5.69 Å². The van der Waals surface area contributed by atoms with Gasteiger partial charge in [0.1, 0.15) is 11.9 Å². The van der Waals surface area contributed by atoms with Gasteiger partial charge in [0.2, 0.25) is 5.91 Å². The van der Waals surface area contributed by atoms with E-state index in [-0.39, 0.29) is 11.1 Å². The van der Waals surface area contributed by atoms with Gasteiger partial charge < -0.3 is 5.32 Å². The van der Waals surface area contributed by atoms with Crippen LogP contribution in [-0.2, 0) is 4.79 Å². The third-order valence-corrected chi connectivity index (χ3v) is 4.05. The number of anilines is 1. The molecule has 3 rings (SSSR count). The normalized spacial score (nSPS) is 14.5. The molecule has 122 valence electrons. The Balaban J connectivity index is 1.83. The van der Waals surface area contributed by atoms with E-state index >= 15 is 0 Å². The minimum Gasteiger partial charge on any atom is -0.324 e. The largest absolute Gasteiger partial charge is 0.324 e. The van der Waals surface area contributed by atoms with Crippen molar-refractivity contribution in [3.05, 3.63) is 65.0 Å². The van der Waals surface area contributed by atoms with Crippen LogP contribution in [0.25, 0.3) is 0 Å². The molecule has 0 saturated heterocycles. The number of hydrogen-bond donors (Lipinski definition) is 1. The summed E-state index contributed by atoms with van der Waals surface area (Å²) in [5.41, 5.74) is 1.55. The van der Waals surface area contributed by atoms with Crippen LogP contribution in [-0.4, -0.2) is 28.7 Å². The highest BCUT2D eigenvalue weighted by Gasteiger charge is 2.40. The molecule has 1 aliphatic heterocycles. The summed E-state index contributed by atoms with van der Waals surface area (Å²) in [6, 6.07) is 9.44. The number of carbonyl (C=O) groups is 3. The molecule has 1 aliphatic rings. The Morgan fingerprint density at radius 1 is 1.08 bits per heavy atom. The number of hydrogen-bond acceptors (Lipinski definition) is 3. The maximum absolute atomic E-state index is 13.3. The van der Waals surface area contributed by atoms with E-state index in [9.17, 15) is 18.8 Å². The second-order valence-corrected chi connectivity index (χ2v) is 5.65. The first-order chi connectivity index (χ1) is 11.4. The average Bonchev–Trinajstić information content (AvgIpc) is 2.82. The molecule has 2 aromatic carbocycles. The van der Waals surface area contributed by atoms with Crippen molar-refractivity contribution in [2.45, 2.75) is 19.9 Å². The fourth-order valence-corrected chi connectivity index (χ4v) is 2.64. The SMILES string of the molecule is Cc1ccc(F)cc1NC(=O)[C@H](C)N1C(=O)c2ccccc2C1=O. The van der Waals surface area contributed by atoms with Crippen LogP contribution in [0.5, 0.6) is 0 Å². The maximum atomic E-state index is 13.3. The minimum atomic E-state index is -1.01. The Labute approximate surface area is 138 Å². The minimum absolute atomic E-state index is 0.282. The van der Waals surface area contributed by atoms with E-state index in [2.05, 4.69) is 5.32 Å². The van der Waals surface area contributed by atoms with Crippen LogP contribution in [0.4, 0.5) is 10.1 Å². The van der Waals surface area contributed by atoms with Gasteiger partial charge in [0.05, 0.1) is 11.1 Å². The number of aryl methyl sites for hydroxylation is 1. The topological polar surface area (TPSA) is 66.5 Å². The van der Waals surface area contributed by atoms with Crippen molar-refractivity contribution in [1.82, 2.24) is 4.90 Å². The third-order valence-electron chi connectivity index (χ3n) is 4.05. The summed E-state index contributed by atoms with van der Waals surface area (Å²) in [5, 5.41) is 2.57. The Kier molecular flexibility index (Phi) is 3.89. The zero-order chi connectivity index (χ0) is 17.4. The number of carbonyl (C=O) groups excluding carboxylic acids is 3. The first-order valence-corrected chi connectivity index (χ1v) is 7.44. The molecule has 24 heavy (non-hydrogen) atoms. The molecule has 2 aromatic rings. The molecule has 3 amide bonds. The number of halogens is 1. The molecular weight excluding hydrogens is 311 g/mol. The lowest BCUT2D eigenvalue weighted by Gasteiger charge is -2.22. The molecule has 0 unspecified atom stereocenters. The first-order valence-electron chi connectivity index (χ1n) is 7.44. The lowest BCUT2D eigenvalue weighted by molar-refractivity contribution is -0.119. The van der Waals surface area contributed by atoms with Gasteiger partial charge in [-0.15, -0.1) is 0 Å². The molecule has 5 nitrogen and oxygen atoms in total. The summed E-state index contributed by atoms with van der Waals surface area (Å²) in [7, 11) is 0. The van der Waals surface area contributed by atoms with Crippen molar-refractivity contribution in [2.75, 3.05) is 5.32 Å². The second-order valence-electron chi connectivity index (χ2n) is 5.65. The lowest BCUT2D eigenvalue weighted by atomic mass is 10.1. The molecule has 6 heteroatoms. The molecule has 0 aliphatic carbocycles. The van der Waals surface area contributed by atoms with E-state index in [0.717, 1.165) is 4.90 Å². The zero-order valence-electron chi connectivity index (χ0n) is 13.2. The van der Waals surface area contributed by atoms with Gasteiger partial charge in [0.15, 0.2) is 0 Å². The molecule has 0 fully saturated rings. The molecule has 0 radical (unpaired) electrons. The van der Waals surface area contributed by atoms with Crippen LogP contribution in [0.2, 0.25) is 0 Å². The van der Waals surface area contributed by atoms with Crippen LogP contribution in [0.1, 0.15) is 33.2 Å². The Morgan fingerprint density at radius 2 is 1.67 bits per heavy atom. The van der Waals surface area contributed by atoms with E-state index in [4.69, 9.17) is 0 Å². The number of imide groups is 1. The highest BCUT2D eigenvalue weighted by molar-refractivity contribution is 6.23. The number of rotatable bonds is 3. The summed E-state index contributed by atoms with van der Waals surface area (Å²) in [6.45, 7) is 3.19. The number of nitrogens with one attached hydrogen (secondary N) is 1. The Hall–Kier alpha value is -3.02. The van der Waals surface area contributed by atoms with Crippen molar-refractivity contribution in [1.29, 1.82) is 0 Å². The van der Waals surface area contributed by atoms with Gasteiger partial charge in [0.25, 0.3) is 11.8 Å². The monoisotopic (exact) mass is 326 g/mol. The number of nitrogens with zero attached hydrogens (tertiary/aromatic N) is 1. The Morgan fingerprint density at radius 3 is 2.25 bits per heavy atom. The van der Waals surface area contributed by atoms with Crippen LogP contribution >= 0.6 is 0 Å². The van der Waals surface area contributed by atoms with Gasteiger partial charge in [-0.1, -0.05) is 18.2 Å². The maximum Gasteiger partial charge on any atom is 0.262 e. The number of benzene rings is 2. The fraction of sp³-hybridized carbons (Fsp3) is 0.167. The summed E-state index contributed by atoms with van der Waals surface area (Å²) in [5.74, 6) is -2.05. The average molecular weight is 326 g/mol. The van der Waals surface area contributed by atoms with E-state index in [1.54, 1.807) is 31.2 Å². The summed E-state index contributed by atoms with van der Waals surface area (Å²) in [6.07, 6.45) is 0. The predicted octanol–water partition coefficient (Wildman–Crippen LogP) is 2.76. The van der Waals surface area contributed by atoms with Gasteiger partial charge in [-0.2, -0.15) is 0 Å². The van der Waals surface area contributed by atoms with E-state index < -0.39 is 29.6 Å². The highest BCUT2D eigenvalue weighted by atomic mass is 19.1. The highest BCUT2D eigenvalue weighted by Crippen LogP contribution is 2.25. The first kappa shape index (κ1) is 15.9. The lowest BCUT2D eigenvalue weighted by Crippen LogP contribution is -2.45. The zero-order valence-corrected chi connectivity index (χ0v) is 13.2. The predicted molar refractivity (Wildman–Crippen MR) is 86.2 cm³/mol. The number of amides is 3. The van der Waals surface area contributed by atoms with E-state index in [1.165, 1.54) is 25.1 Å². The van der Waals surface area contributed by atoms with E-state index in [0.29, 0.717) is 11.3 Å². The summed E-state index contributed by atoms with van der Waals surface area (Å²) >= 11 is 0. The molecule has 1 N–H and O–H groups in total. The van der Waals surface area contributed by atoms with Gasteiger partial charge >= 0.3 is 0 Å². The van der Waals surface area contributed by atoms with E-state index in [1.807, 2.05) is 0 Å². The molecule has 0 spiro atoms. The quantitative estimate of drug-likeness (QED) is 0.882. The van der Waals surface area contributed by atoms with Crippen molar-refractivity contribution >= 4 is 23.4 Å². The van der Waals surface area contributed by atoms with Gasteiger partial charge in [-0.3, -0.25) is 19.3 Å². The summed E-state index contributed by atoms with van der Waals surface area (Å²) in [4.78, 5) is 38.1. The summed E-state index contributed by atoms with van der Waals surface area (Å²) < 4.78 is 13.3. The smallest absolute Gasteiger partial charge is 0.262 e. The standard InChI is InChI=1S/C18H15FN2O3/c1-10-7-8-12(19)9-15(10)20-16(22)11(2)21-17(23)13-5-3-4-6-14(13)18(21)24/h3-9,11H,1-2H3,(H,20,22)/t11-/m0/s1. The molecule has 1 heterocycles. The molecular formula is C18H15FN2O3. The second kappa shape index (κ2) is 5.88. The molecule has 0 aromatic heterocycles. The van der Waals surface area contributed by atoms with Crippen LogP contribution < -0.4 is 5.32 Å². The van der Waals surface area contributed by atoms with Crippen molar-refractivity contribution < 1.29 is 18.8 Å². The Bertz CT molecular complexity index is 828. The fourth-order valence-electron chi connectivity index (χ4n) is 2.64. The molecule has 0 saturated carbocycles. The van der Waals surface area contributed by atoms with Gasteiger partial charge in [-0.05, 0) is 43.7 Å². The van der Waals surface area contributed by atoms with Crippen molar-refractivity contribution in [3.63, 3.8) is 0 Å². The van der Waals surface area contributed by atoms with Crippen molar-refractivity contribution in [2.24, 2.45) is 0 Å². The molecule has 0 bridgehead atoms. The van der Waals surface area contributed by atoms with Crippen LogP contribution in [0.3, 0.4) is 0 Å². The van der Waals surface area contributed by atoms with Gasteiger partial charge in [-0.25, -0.2) is 4.39 Å². The van der Waals surface area contributed by atoms with Crippen LogP contribution in [0.15, 0.2) is 42.5 Å². The number of fused-ring (bicyclic) bond motifs is 1. The van der Waals surface area contributed by atoms with Crippen LogP contribution in [0, 0.1) is 12.7 Å².